The van der Waals surface area contributed by atoms with Crippen molar-refractivity contribution in [1.82, 2.24) is 4.31 Å². The van der Waals surface area contributed by atoms with Gasteiger partial charge in [0.25, 0.3) is 0 Å². The summed E-state index contributed by atoms with van der Waals surface area (Å²) in [5.74, 6) is 0.571. The molecule has 0 saturated carbocycles. The molecule has 6 heteroatoms. The van der Waals surface area contributed by atoms with Gasteiger partial charge in [0.05, 0.1) is 30.8 Å². The number of hydrogen-bond donors (Lipinski definition) is 0. The van der Waals surface area contributed by atoms with Crippen LogP contribution in [0.25, 0.3) is 0 Å². The van der Waals surface area contributed by atoms with E-state index in [-0.39, 0.29) is 17.0 Å². The molecule has 1 aliphatic heterocycles. The van der Waals surface area contributed by atoms with Crippen molar-refractivity contribution >= 4 is 10.0 Å². The Balaban J connectivity index is 1.94. The number of benzene rings is 2. The quantitative estimate of drug-likeness (QED) is 0.839. The third-order valence-electron chi connectivity index (χ3n) is 4.62. The lowest BCUT2D eigenvalue weighted by molar-refractivity contribution is -0.0361. The number of sulfonamides is 1. The molecule has 1 fully saturated rings. The Kier molecular flexibility index (Phi) is 5.13. The minimum atomic E-state index is -3.63. The summed E-state index contributed by atoms with van der Waals surface area (Å²) in [4.78, 5) is 0.246. The summed E-state index contributed by atoms with van der Waals surface area (Å²) in [5, 5.41) is 0. The van der Waals surface area contributed by atoms with Crippen LogP contribution in [0.4, 0.5) is 0 Å². The number of ether oxygens (including phenoxy) is 2. The first kappa shape index (κ1) is 17.9. The van der Waals surface area contributed by atoms with E-state index in [0.29, 0.717) is 18.9 Å². The van der Waals surface area contributed by atoms with Crippen molar-refractivity contribution in [3.8, 4) is 5.75 Å². The molecule has 2 aromatic rings. The van der Waals surface area contributed by atoms with Crippen LogP contribution >= 0.6 is 0 Å². The molecule has 0 N–H and O–H groups in total. The number of hydrogen-bond acceptors (Lipinski definition) is 4. The van der Waals surface area contributed by atoms with Gasteiger partial charge in [0, 0.05) is 12.6 Å². The molecule has 0 spiro atoms. The molecule has 25 heavy (non-hydrogen) atoms. The Hall–Kier alpha value is -1.89. The average Bonchev–Trinajstić information content (AvgIpc) is 2.62. The number of nitrogens with zero attached hydrogens (tertiary/aromatic N) is 1. The van der Waals surface area contributed by atoms with Crippen LogP contribution in [0.15, 0.2) is 53.4 Å². The Morgan fingerprint density at radius 1 is 1.16 bits per heavy atom. The topological polar surface area (TPSA) is 55.8 Å². The van der Waals surface area contributed by atoms with Crippen molar-refractivity contribution in [2.75, 3.05) is 20.3 Å². The lowest BCUT2D eigenvalue weighted by Gasteiger charge is -2.38. The zero-order valence-corrected chi connectivity index (χ0v) is 15.5. The van der Waals surface area contributed by atoms with Gasteiger partial charge in [-0.2, -0.15) is 4.31 Å². The highest BCUT2D eigenvalue weighted by atomic mass is 32.2. The first-order valence-corrected chi connectivity index (χ1v) is 9.72. The summed E-state index contributed by atoms with van der Waals surface area (Å²) in [5.41, 5.74) is 1.88. The lowest BCUT2D eigenvalue weighted by Crippen LogP contribution is -2.48. The molecule has 134 valence electrons. The van der Waals surface area contributed by atoms with Gasteiger partial charge in [-0.3, -0.25) is 0 Å². The fourth-order valence-corrected chi connectivity index (χ4v) is 4.85. The van der Waals surface area contributed by atoms with Crippen LogP contribution in [0.2, 0.25) is 0 Å². The van der Waals surface area contributed by atoms with Gasteiger partial charge in [-0.25, -0.2) is 8.42 Å². The number of methoxy groups -OCH3 is 1. The number of rotatable bonds is 4. The van der Waals surface area contributed by atoms with E-state index in [9.17, 15) is 8.42 Å². The van der Waals surface area contributed by atoms with Crippen molar-refractivity contribution in [2.24, 2.45) is 0 Å². The van der Waals surface area contributed by atoms with Gasteiger partial charge in [-0.15, -0.1) is 0 Å². The summed E-state index contributed by atoms with van der Waals surface area (Å²) in [7, 11) is -2.08. The highest BCUT2D eigenvalue weighted by Crippen LogP contribution is 2.33. The van der Waals surface area contributed by atoms with Crippen LogP contribution in [0, 0.1) is 6.92 Å². The predicted molar refractivity (Wildman–Crippen MR) is 96.2 cm³/mol. The van der Waals surface area contributed by atoms with Gasteiger partial charge < -0.3 is 9.47 Å². The smallest absolute Gasteiger partial charge is 0.243 e. The molecule has 0 unspecified atom stereocenters. The van der Waals surface area contributed by atoms with Crippen LogP contribution in [-0.2, 0) is 14.8 Å². The minimum absolute atomic E-state index is 0.246. The van der Waals surface area contributed by atoms with Gasteiger partial charge in [0.15, 0.2) is 0 Å². The fraction of sp³-hybridized carbons (Fsp3) is 0.368. The molecule has 5 nitrogen and oxygen atoms in total. The van der Waals surface area contributed by atoms with E-state index in [0.717, 1.165) is 11.1 Å². The Morgan fingerprint density at radius 2 is 1.88 bits per heavy atom. The Morgan fingerprint density at radius 3 is 2.56 bits per heavy atom. The van der Waals surface area contributed by atoms with Gasteiger partial charge in [0.1, 0.15) is 5.75 Å². The summed E-state index contributed by atoms with van der Waals surface area (Å²) in [6.45, 7) is 4.48. The summed E-state index contributed by atoms with van der Waals surface area (Å²) >= 11 is 0. The number of morpholine rings is 1. The van der Waals surface area contributed by atoms with Crippen LogP contribution in [0.3, 0.4) is 0 Å². The predicted octanol–water partition coefficient (Wildman–Crippen LogP) is 3.15. The monoisotopic (exact) mass is 361 g/mol. The standard InChI is InChI=1S/C19H23NO4S/c1-14-9-10-17(13-18(14)23-3)25(21,22)20-11-12-24-19(15(20)2)16-7-5-4-6-8-16/h4-10,13,15,19H,11-12H2,1-3H3/t15-,19-/m1/s1. The molecular formula is C19H23NO4S. The molecule has 3 rings (SSSR count). The third kappa shape index (κ3) is 3.42. The first-order chi connectivity index (χ1) is 11.9. The fourth-order valence-electron chi connectivity index (χ4n) is 3.22. The molecular weight excluding hydrogens is 338 g/mol. The van der Waals surface area contributed by atoms with Crippen molar-refractivity contribution in [1.29, 1.82) is 0 Å². The Labute approximate surface area is 149 Å². The molecule has 0 aliphatic carbocycles. The molecule has 1 aliphatic rings. The maximum atomic E-state index is 13.2. The molecule has 0 aromatic heterocycles. The summed E-state index contributed by atoms with van der Waals surface area (Å²) in [6, 6.07) is 14.4. The molecule has 1 heterocycles. The van der Waals surface area contributed by atoms with E-state index in [4.69, 9.17) is 9.47 Å². The van der Waals surface area contributed by atoms with Gasteiger partial charge in [-0.1, -0.05) is 36.4 Å². The van der Waals surface area contributed by atoms with Crippen LogP contribution in [-0.4, -0.2) is 39.0 Å². The van der Waals surface area contributed by atoms with Crippen molar-refractivity contribution in [2.45, 2.75) is 30.9 Å². The zero-order valence-electron chi connectivity index (χ0n) is 14.7. The molecule has 0 radical (unpaired) electrons. The second-order valence-electron chi connectivity index (χ2n) is 6.19. The average molecular weight is 361 g/mol. The highest BCUT2D eigenvalue weighted by molar-refractivity contribution is 7.89. The van der Waals surface area contributed by atoms with Gasteiger partial charge in [-0.05, 0) is 31.0 Å². The van der Waals surface area contributed by atoms with Gasteiger partial charge >= 0.3 is 0 Å². The summed E-state index contributed by atoms with van der Waals surface area (Å²) < 4.78 is 39.0. The van der Waals surface area contributed by atoms with E-state index in [1.165, 1.54) is 4.31 Å². The highest BCUT2D eigenvalue weighted by Gasteiger charge is 2.38. The van der Waals surface area contributed by atoms with E-state index >= 15 is 0 Å². The van der Waals surface area contributed by atoms with E-state index in [1.54, 1.807) is 25.3 Å². The molecule has 0 bridgehead atoms. The minimum Gasteiger partial charge on any atom is -0.496 e. The van der Waals surface area contributed by atoms with E-state index in [2.05, 4.69) is 0 Å². The molecule has 2 atom stereocenters. The second-order valence-corrected chi connectivity index (χ2v) is 8.08. The van der Waals surface area contributed by atoms with Crippen LogP contribution in [0.5, 0.6) is 5.75 Å². The van der Waals surface area contributed by atoms with E-state index in [1.807, 2.05) is 44.2 Å². The van der Waals surface area contributed by atoms with Gasteiger partial charge in [0.2, 0.25) is 10.0 Å². The van der Waals surface area contributed by atoms with Crippen LogP contribution < -0.4 is 4.74 Å². The summed E-state index contributed by atoms with van der Waals surface area (Å²) in [6.07, 6.45) is -0.280. The van der Waals surface area contributed by atoms with Crippen molar-refractivity contribution in [3.05, 3.63) is 59.7 Å². The van der Waals surface area contributed by atoms with Crippen LogP contribution in [0.1, 0.15) is 24.2 Å². The Bertz CT molecular complexity index is 836. The third-order valence-corrected chi connectivity index (χ3v) is 6.60. The first-order valence-electron chi connectivity index (χ1n) is 8.28. The number of aryl methyl sites for hydroxylation is 1. The van der Waals surface area contributed by atoms with Crippen molar-refractivity contribution < 1.29 is 17.9 Å². The largest absolute Gasteiger partial charge is 0.496 e. The maximum Gasteiger partial charge on any atom is 0.243 e. The SMILES string of the molecule is COc1cc(S(=O)(=O)N2CCO[C@@H](c3ccccc3)[C@H]2C)ccc1C. The van der Waals surface area contributed by atoms with Crippen molar-refractivity contribution in [3.63, 3.8) is 0 Å². The molecule has 2 aromatic carbocycles. The maximum absolute atomic E-state index is 13.2. The molecule has 1 saturated heterocycles. The normalized spacial score (nSPS) is 21.9. The zero-order chi connectivity index (χ0) is 18.0. The van der Waals surface area contributed by atoms with E-state index < -0.39 is 10.0 Å². The lowest BCUT2D eigenvalue weighted by atomic mass is 10.0. The second kappa shape index (κ2) is 7.15. The molecule has 0 amide bonds.